The molecule has 0 saturated heterocycles. The van der Waals surface area contributed by atoms with E-state index in [0.29, 0.717) is 31.4 Å². The van der Waals surface area contributed by atoms with Crippen LogP contribution in [0.4, 0.5) is 0 Å². The van der Waals surface area contributed by atoms with Gasteiger partial charge in [-0.15, -0.1) is 0 Å². The Kier molecular flexibility index (Phi) is 3.80. The van der Waals surface area contributed by atoms with Crippen LogP contribution in [-0.2, 0) is 9.59 Å². The number of carbonyl (C=O) groups excluding carboxylic acids is 2. The summed E-state index contributed by atoms with van der Waals surface area (Å²) in [6.07, 6.45) is 2.57. The third-order valence-electron chi connectivity index (χ3n) is 2.60. The van der Waals surface area contributed by atoms with Crippen molar-refractivity contribution in [3.8, 4) is 0 Å². The van der Waals surface area contributed by atoms with Gasteiger partial charge < -0.3 is 5.21 Å². The van der Waals surface area contributed by atoms with Crippen molar-refractivity contribution in [2.75, 3.05) is 0 Å². The minimum atomic E-state index is -0.00981. The quantitative estimate of drug-likeness (QED) is 0.424. The summed E-state index contributed by atoms with van der Waals surface area (Å²) in [5.41, 5.74) is 0.437. The molecule has 0 aromatic carbocycles. The Bertz CT molecular complexity index is 261. The molecule has 0 radical (unpaired) electrons. The van der Waals surface area contributed by atoms with Crippen LogP contribution in [0, 0.1) is 5.92 Å². The van der Waals surface area contributed by atoms with Gasteiger partial charge in [-0.05, 0) is 19.8 Å². The highest BCUT2D eigenvalue weighted by atomic mass is 16.4. The molecule has 0 heterocycles. The molecular formula is C10H15NO3. The van der Waals surface area contributed by atoms with Crippen LogP contribution in [0.15, 0.2) is 5.16 Å². The van der Waals surface area contributed by atoms with Crippen molar-refractivity contribution < 1.29 is 14.8 Å². The molecule has 1 aliphatic rings. The second kappa shape index (κ2) is 4.88. The molecule has 0 atom stereocenters. The standard InChI is InChI=1S/C10H15NO3/c1-7(11-14)6-10(13)8-2-4-9(12)5-3-8/h8,14H,2-6H2,1H3/b11-7-. The van der Waals surface area contributed by atoms with Gasteiger partial charge in [-0.2, -0.15) is 0 Å². The van der Waals surface area contributed by atoms with Gasteiger partial charge in [0.05, 0.1) is 5.71 Å². The first-order valence-electron chi connectivity index (χ1n) is 4.85. The maximum absolute atomic E-state index is 11.6. The Morgan fingerprint density at radius 2 is 2.07 bits per heavy atom. The number of rotatable bonds is 3. The Morgan fingerprint density at radius 3 is 2.57 bits per heavy atom. The van der Waals surface area contributed by atoms with Crippen LogP contribution >= 0.6 is 0 Å². The van der Waals surface area contributed by atoms with Gasteiger partial charge in [-0.3, -0.25) is 9.59 Å². The van der Waals surface area contributed by atoms with Crippen LogP contribution in [0.3, 0.4) is 0 Å². The number of nitrogens with zero attached hydrogens (tertiary/aromatic N) is 1. The van der Waals surface area contributed by atoms with Gasteiger partial charge in [0, 0.05) is 25.2 Å². The van der Waals surface area contributed by atoms with Gasteiger partial charge >= 0.3 is 0 Å². The number of Topliss-reactive ketones (excluding diaryl/α,β-unsaturated/α-hetero) is 2. The summed E-state index contributed by atoms with van der Waals surface area (Å²) >= 11 is 0. The lowest BCUT2D eigenvalue weighted by molar-refractivity contribution is -0.126. The molecule has 0 bridgehead atoms. The molecule has 0 aromatic rings. The number of oxime groups is 1. The predicted molar refractivity (Wildman–Crippen MR) is 51.5 cm³/mol. The van der Waals surface area contributed by atoms with E-state index < -0.39 is 0 Å². The third-order valence-corrected chi connectivity index (χ3v) is 2.60. The summed E-state index contributed by atoms with van der Waals surface area (Å²) in [5.74, 6) is 0.332. The fourth-order valence-electron chi connectivity index (χ4n) is 1.69. The number of ketones is 2. The van der Waals surface area contributed by atoms with E-state index in [4.69, 9.17) is 5.21 Å². The lowest BCUT2D eigenvalue weighted by Crippen LogP contribution is -2.23. The molecule has 4 nitrogen and oxygen atoms in total. The zero-order valence-corrected chi connectivity index (χ0v) is 8.32. The van der Waals surface area contributed by atoms with E-state index in [0.717, 1.165) is 0 Å². The molecule has 1 saturated carbocycles. The average Bonchev–Trinajstić information content (AvgIpc) is 2.18. The highest BCUT2D eigenvalue weighted by Crippen LogP contribution is 2.23. The van der Waals surface area contributed by atoms with Gasteiger partial charge in [-0.25, -0.2) is 0 Å². The molecule has 0 spiro atoms. The van der Waals surface area contributed by atoms with E-state index in [1.54, 1.807) is 6.92 Å². The summed E-state index contributed by atoms with van der Waals surface area (Å²) in [5, 5.41) is 11.4. The minimum absolute atomic E-state index is 0.00981. The lowest BCUT2D eigenvalue weighted by Gasteiger charge is -2.19. The van der Waals surface area contributed by atoms with Gasteiger partial charge in [0.1, 0.15) is 11.6 Å². The maximum atomic E-state index is 11.6. The van der Waals surface area contributed by atoms with E-state index in [1.807, 2.05) is 0 Å². The highest BCUT2D eigenvalue weighted by Gasteiger charge is 2.24. The Labute approximate surface area is 83.0 Å². The molecule has 0 unspecified atom stereocenters. The number of hydrogen-bond donors (Lipinski definition) is 1. The number of hydrogen-bond acceptors (Lipinski definition) is 4. The Morgan fingerprint density at radius 1 is 1.50 bits per heavy atom. The van der Waals surface area contributed by atoms with Crippen molar-refractivity contribution in [3.05, 3.63) is 0 Å². The van der Waals surface area contributed by atoms with E-state index in [9.17, 15) is 9.59 Å². The molecule has 78 valence electrons. The monoisotopic (exact) mass is 197 g/mol. The molecule has 1 fully saturated rings. The van der Waals surface area contributed by atoms with Gasteiger partial charge in [0.25, 0.3) is 0 Å². The van der Waals surface area contributed by atoms with Crippen molar-refractivity contribution in [3.63, 3.8) is 0 Å². The fraction of sp³-hybridized carbons (Fsp3) is 0.700. The largest absolute Gasteiger partial charge is 0.411 e. The molecule has 1 rings (SSSR count). The third kappa shape index (κ3) is 2.94. The van der Waals surface area contributed by atoms with Crippen LogP contribution in [0.5, 0.6) is 0 Å². The molecule has 14 heavy (non-hydrogen) atoms. The second-order valence-electron chi connectivity index (χ2n) is 3.79. The van der Waals surface area contributed by atoms with Gasteiger partial charge in [-0.1, -0.05) is 5.16 Å². The van der Waals surface area contributed by atoms with Gasteiger partial charge in [0.15, 0.2) is 0 Å². The maximum Gasteiger partial charge on any atom is 0.141 e. The molecule has 0 aromatic heterocycles. The molecule has 0 aliphatic heterocycles. The first-order chi connectivity index (χ1) is 6.63. The van der Waals surface area contributed by atoms with Crippen molar-refractivity contribution in [1.29, 1.82) is 0 Å². The summed E-state index contributed by atoms with van der Waals surface area (Å²) < 4.78 is 0. The summed E-state index contributed by atoms with van der Waals surface area (Å²) in [4.78, 5) is 22.5. The van der Waals surface area contributed by atoms with Crippen LogP contribution in [0.25, 0.3) is 0 Å². The zero-order chi connectivity index (χ0) is 10.6. The Balaban J connectivity index is 2.42. The first-order valence-corrected chi connectivity index (χ1v) is 4.85. The minimum Gasteiger partial charge on any atom is -0.411 e. The Hall–Kier alpha value is -1.19. The second-order valence-corrected chi connectivity index (χ2v) is 3.79. The lowest BCUT2D eigenvalue weighted by atomic mass is 9.84. The summed E-state index contributed by atoms with van der Waals surface area (Å²) in [7, 11) is 0. The summed E-state index contributed by atoms with van der Waals surface area (Å²) in [6.45, 7) is 1.62. The topological polar surface area (TPSA) is 66.7 Å². The molecule has 0 amide bonds. The van der Waals surface area contributed by atoms with Crippen LogP contribution in [-0.4, -0.2) is 22.5 Å². The summed E-state index contributed by atoms with van der Waals surface area (Å²) in [6, 6.07) is 0. The predicted octanol–water partition coefficient (Wildman–Crippen LogP) is 1.55. The van der Waals surface area contributed by atoms with Crippen molar-refractivity contribution >= 4 is 17.3 Å². The first kappa shape index (κ1) is 10.9. The van der Waals surface area contributed by atoms with Crippen molar-refractivity contribution in [1.82, 2.24) is 0 Å². The zero-order valence-electron chi connectivity index (χ0n) is 8.32. The molecule has 1 N–H and O–H groups in total. The molecule has 1 aliphatic carbocycles. The van der Waals surface area contributed by atoms with Crippen LogP contribution in [0.2, 0.25) is 0 Å². The van der Waals surface area contributed by atoms with Crippen molar-refractivity contribution in [2.24, 2.45) is 11.1 Å². The SMILES string of the molecule is C/C(CC(=O)C1CCC(=O)CC1)=N/O. The van der Waals surface area contributed by atoms with Gasteiger partial charge in [0.2, 0.25) is 0 Å². The van der Waals surface area contributed by atoms with E-state index in [2.05, 4.69) is 5.16 Å². The van der Waals surface area contributed by atoms with Crippen LogP contribution in [0.1, 0.15) is 39.0 Å². The van der Waals surface area contributed by atoms with E-state index >= 15 is 0 Å². The average molecular weight is 197 g/mol. The molecular weight excluding hydrogens is 182 g/mol. The van der Waals surface area contributed by atoms with Crippen molar-refractivity contribution in [2.45, 2.75) is 39.0 Å². The highest BCUT2D eigenvalue weighted by molar-refractivity contribution is 6.01. The van der Waals surface area contributed by atoms with Crippen LogP contribution < -0.4 is 0 Å². The fourth-order valence-corrected chi connectivity index (χ4v) is 1.69. The normalized spacial score (nSPS) is 19.8. The molecule has 4 heteroatoms. The van der Waals surface area contributed by atoms with E-state index in [1.165, 1.54) is 0 Å². The smallest absolute Gasteiger partial charge is 0.141 e. The van der Waals surface area contributed by atoms with E-state index in [-0.39, 0.29) is 23.9 Å². The number of carbonyl (C=O) groups is 2.